The van der Waals surface area contributed by atoms with E-state index in [1.807, 2.05) is 43.3 Å². The maximum absolute atomic E-state index is 13.0. The molecule has 9 heteroatoms. The van der Waals surface area contributed by atoms with Crippen molar-refractivity contribution in [3.8, 4) is 5.75 Å². The van der Waals surface area contributed by atoms with Gasteiger partial charge in [0.2, 0.25) is 0 Å². The van der Waals surface area contributed by atoms with Crippen LogP contribution in [0.25, 0.3) is 6.08 Å². The van der Waals surface area contributed by atoms with E-state index in [4.69, 9.17) is 32.7 Å². The zero-order valence-electron chi connectivity index (χ0n) is 24.0. The van der Waals surface area contributed by atoms with Gasteiger partial charge in [-0.05, 0) is 66.3 Å². The Morgan fingerprint density at radius 1 is 1.00 bits per heavy atom. The number of thioether (sulfide) groups is 1. The van der Waals surface area contributed by atoms with Crippen molar-refractivity contribution in [2.75, 3.05) is 6.61 Å². The molecule has 1 amide bonds. The van der Waals surface area contributed by atoms with Crippen LogP contribution in [-0.2, 0) is 21.6 Å². The maximum Gasteiger partial charge on any atom is 0.344 e. The lowest BCUT2D eigenvalue weighted by Gasteiger charge is -2.18. The first-order valence-electron chi connectivity index (χ1n) is 13.3. The molecule has 1 aliphatic heterocycles. The number of carbonyl (C=O) groups excluding carboxylic acids is 2. The van der Waals surface area contributed by atoms with E-state index >= 15 is 0 Å². The molecule has 0 bridgehead atoms. The third kappa shape index (κ3) is 7.46. The van der Waals surface area contributed by atoms with Crippen molar-refractivity contribution in [2.24, 2.45) is 4.99 Å². The smallest absolute Gasteiger partial charge is 0.344 e. The maximum atomic E-state index is 13.0. The first-order chi connectivity index (χ1) is 19.9. The van der Waals surface area contributed by atoms with Crippen molar-refractivity contribution in [3.63, 3.8) is 0 Å². The van der Waals surface area contributed by atoms with Crippen molar-refractivity contribution in [1.29, 1.82) is 0 Å². The molecule has 0 unspecified atom stereocenters. The Morgan fingerprint density at radius 3 is 2.19 bits per heavy atom. The van der Waals surface area contributed by atoms with Crippen LogP contribution in [0.15, 0.2) is 81.9 Å². The molecule has 0 saturated carbocycles. The number of nitrogens with zero attached hydrogens (tertiary/aromatic N) is 1. The van der Waals surface area contributed by atoms with E-state index in [1.54, 1.807) is 37.3 Å². The van der Waals surface area contributed by atoms with Gasteiger partial charge in [-0.15, -0.1) is 0 Å². The van der Waals surface area contributed by atoms with Crippen LogP contribution in [0, 0.1) is 6.92 Å². The molecule has 1 N–H and O–H groups in total. The van der Waals surface area contributed by atoms with Crippen molar-refractivity contribution >= 4 is 58.0 Å². The largest absolute Gasteiger partial charge is 0.506 e. The van der Waals surface area contributed by atoms with E-state index in [1.165, 1.54) is 0 Å². The quantitative estimate of drug-likeness (QED) is 0.264. The minimum atomic E-state index is -0.781. The van der Waals surface area contributed by atoms with E-state index in [9.17, 15) is 14.7 Å². The second kappa shape index (κ2) is 13.2. The predicted molar refractivity (Wildman–Crippen MR) is 171 cm³/mol. The first-order valence-corrected chi connectivity index (χ1v) is 14.9. The highest BCUT2D eigenvalue weighted by Crippen LogP contribution is 2.41. The molecule has 42 heavy (non-hydrogen) atoms. The molecule has 0 aliphatic carbocycles. The second-order valence-electron chi connectivity index (χ2n) is 10.7. The van der Waals surface area contributed by atoms with Crippen LogP contribution in [0.2, 0.25) is 10.0 Å². The third-order valence-electron chi connectivity index (χ3n) is 6.39. The summed E-state index contributed by atoms with van der Waals surface area (Å²) in [5.41, 5.74) is 3.84. The number of ether oxygens (including phenoxy) is 2. The summed E-state index contributed by atoms with van der Waals surface area (Å²) in [6.45, 7) is 10.3. The predicted octanol–water partition coefficient (Wildman–Crippen LogP) is 8.88. The van der Waals surface area contributed by atoms with E-state index in [0.29, 0.717) is 16.9 Å². The number of halogens is 2. The Labute approximate surface area is 260 Å². The zero-order chi connectivity index (χ0) is 30.6. The van der Waals surface area contributed by atoms with Gasteiger partial charge in [0.15, 0.2) is 5.75 Å². The molecule has 0 atom stereocenters. The minimum absolute atomic E-state index is 0.0392. The van der Waals surface area contributed by atoms with Crippen LogP contribution >= 0.6 is 35.0 Å². The number of aliphatic hydroxyl groups is 1. The van der Waals surface area contributed by atoms with Gasteiger partial charge >= 0.3 is 5.97 Å². The van der Waals surface area contributed by atoms with Gasteiger partial charge in [0.25, 0.3) is 5.91 Å². The van der Waals surface area contributed by atoms with E-state index < -0.39 is 11.9 Å². The van der Waals surface area contributed by atoms with E-state index in [-0.39, 0.29) is 50.0 Å². The molecule has 3 aromatic carbocycles. The van der Waals surface area contributed by atoms with Gasteiger partial charge < -0.3 is 14.6 Å². The van der Waals surface area contributed by atoms with Crippen molar-refractivity contribution in [3.05, 3.63) is 115 Å². The molecule has 0 radical (unpaired) electrons. The SMILES string of the molecule is CCOC(=O)C1=C(O)C(=Cc2cc(Cl)c(OCc3ccc(C)cc3)c(Cl)c2)SC1=NC(=O)c1ccc(C(C)(C)C)cc1. The molecule has 0 aromatic heterocycles. The van der Waals surface area contributed by atoms with Gasteiger partial charge in [-0.2, -0.15) is 0 Å². The van der Waals surface area contributed by atoms with Crippen LogP contribution < -0.4 is 4.74 Å². The highest BCUT2D eigenvalue weighted by molar-refractivity contribution is 8.18. The number of hydrogen-bond acceptors (Lipinski definition) is 6. The van der Waals surface area contributed by atoms with Gasteiger partial charge in [0, 0.05) is 5.56 Å². The number of rotatable bonds is 7. The van der Waals surface area contributed by atoms with Gasteiger partial charge in [0.05, 0.1) is 21.6 Å². The summed E-state index contributed by atoms with van der Waals surface area (Å²) in [6, 6.07) is 18.3. The number of aryl methyl sites for hydroxylation is 1. The van der Waals surface area contributed by atoms with Crippen molar-refractivity contribution < 1.29 is 24.2 Å². The standard InChI is InChI=1S/C33H31Cl2NO5S/c1-6-40-32(39)27-28(37)26(42-31(27)36-30(38)22-11-13-23(14-12-22)33(3,4)5)17-21-15-24(34)29(25(35)16-21)41-18-20-9-7-19(2)8-10-20/h7-17,37H,6,18H2,1-5H3. The third-order valence-corrected chi connectivity index (χ3v) is 7.97. The molecule has 0 fully saturated rings. The Bertz CT molecular complexity index is 1580. The van der Waals surface area contributed by atoms with Crippen LogP contribution in [0.1, 0.15) is 60.3 Å². The van der Waals surface area contributed by atoms with Crippen LogP contribution in [0.5, 0.6) is 5.75 Å². The molecule has 1 aliphatic rings. The van der Waals surface area contributed by atoms with Crippen LogP contribution in [0.4, 0.5) is 0 Å². The van der Waals surface area contributed by atoms with Gasteiger partial charge in [-0.1, -0.05) is 97.7 Å². The van der Waals surface area contributed by atoms with E-state index in [0.717, 1.165) is 28.5 Å². The second-order valence-corrected chi connectivity index (χ2v) is 12.5. The fourth-order valence-corrected chi connectivity index (χ4v) is 5.68. The molecular weight excluding hydrogens is 593 g/mol. The first kappa shape index (κ1) is 31.4. The lowest BCUT2D eigenvalue weighted by Crippen LogP contribution is -2.14. The Hall–Kier alpha value is -3.52. The number of aliphatic hydroxyl groups excluding tert-OH is 1. The van der Waals surface area contributed by atoms with Gasteiger partial charge in [-0.25, -0.2) is 9.79 Å². The Kier molecular flexibility index (Phi) is 9.87. The normalized spacial score (nSPS) is 15.4. The van der Waals surface area contributed by atoms with E-state index in [2.05, 4.69) is 25.8 Å². The summed E-state index contributed by atoms with van der Waals surface area (Å²) in [6.07, 6.45) is 1.60. The number of carbonyl (C=O) groups is 2. The fourth-order valence-electron chi connectivity index (χ4n) is 4.05. The number of hydrogen-bond donors (Lipinski definition) is 1. The molecule has 0 saturated heterocycles. The molecule has 3 aromatic rings. The lowest BCUT2D eigenvalue weighted by molar-refractivity contribution is -0.138. The summed E-state index contributed by atoms with van der Waals surface area (Å²) in [5, 5.41) is 11.6. The average molecular weight is 625 g/mol. The lowest BCUT2D eigenvalue weighted by atomic mass is 9.87. The summed E-state index contributed by atoms with van der Waals surface area (Å²) in [7, 11) is 0. The van der Waals surface area contributed by atoms with Gasteiger partial charge in [0.1, 0.15) is 23.0 Å². The number of aliphatic imine (C=N–C) groups is 1. The molecule has 218 valence electrons. The summed E-state index contributed by atoms with van der Waals surface area (Å²) >= 11 is 14.0. The minimum Gasteiger partial charge on any atom is -0.506 e. The average Bonchev–Trinajstić information content (AvgIpc) is 3.22. The molecule has 6 nitrogen and oxygen atoms in total. The topological polar surface area (TPSA) is 85.2 Å². The molecule has 0 spiro atoms. The number of amides is 1. The molecular formula is C33H31Cl2NO5S. The van der Waals surface area contributed by atoms with Crippen molar-refractivity contribution in [1.82, 2.24) is 0 Å². The summed E-state index contributed by atoms with van der Waals surface area (Å²) in [4.78, 5) is 30.3. The summed E-state index contributed by atoms with van der Waals surface area (Å²) in [5.74, 6) is -1.34. The highest BCUT2D eigenvalue weighted by atomic mass is 35.5. The molecule has 1 heterocycles. The van der Waals surface area contributed by atoms with Crippen LogP contribution in [0.3, 0.4) is 0 Å². The monoisotopic (exact) mass is 623 g/mol. The highest BCUT2D eigenvalue weighted by Gasteiger charge is 2.34. The molecule has 4 rings (SSSR count). The fraction of sp³-hybridized carbons (Fsp3) is 0.242. The van der Waals surface area contributed by atoms with Crippen LogP contribution in [-0.4, -0.2) is 28.6 Å². The van der Waals surface area contributed by atoms with Gasteiger partial charge in [-0.3, -0.25) is 4.79 Å². The Balaban J connectivity index is 1.61. The Morgan fingerprint density at radius 2 is 1.62 bits per heavy atom. The zero-order valence-corrected chi connectivity index (χ0v) is 26.3. The number of esters is 1. The van der Waals surface area contributed by atoms with Crippen molar-refractivity contribution in [2.45, 2.75) is 46.6 Å². The number of benzene rings is 3. The summed E-state index contributed by atoms with van der Waals surface area (Å²) < 4.78 is 11.0.